The molecule has 0 aromatic rings. The van der Waals surface area contributed by atoms with E-state index >= 15 is 0 Å². The van der Waals surface area contributed by atoms with Crippen molar-refractivity contribution in [2.75, 3.05) is 19.8 Å². The number of aliphatic hydroxyl groups excluding tert-OH is 3. The highest BCUT2D eigenvalue weighted by molar-refractivity contribution is 6.92. The van der Waals surface area contributed by atoms with E-state index in [-0.39, 0.29) is 29.7 Å². The molecule has 0 aliphatic rings. The molecule has 0 saturated carbocycles. The zero-order valence-corrected chi connectivity index (χ0v) is 7.01. The lowest BCUT2D eigenvalue weighted by atomic mass is 9.88. The van der Waals surface area contributed by atoms with Gasteiger partial charge in [0.05, 0.1) is 19.8 Å². The minimum atomic E-state index is -0.667. The van der Waals surface area contributed by atoms with Crippen LogP contribution in [0.1, 0.15) is 13.3 Å². The Morgan fingerprint density at radius 1 is 1.00 bits per heavy atom. The van der Waals surface area contributed by atoms with Crippen molar-refractivity contribution in [1.82, 2.24) is 0 Å². The maximum atomic E-state index is 8.66. The summed E-state index contributed by atoms with van der Waals surface area (Å²) < 4.78 is 0. The molecule has 10 heavy (non-hydrogen) atoms. The summed E-state index contributed by atoms with van der Waals surface area (Å²) in [5, 5.41) is 26.0. The Balaban J connectivity index is 0. The van der Waals surface area contributed by atoms with Crippen LogP contribution in [0.25, 0.3) is 0 Å². The molecule has 0 aliphatic carbocycles. The van der Waals surface area contributed by atoms with Crippen molar-refractivity contribution in [2.24, 2.45) is 5.41 Å². The SMILES string of the molecule is CCC(CO)(CO)CO.[P]. The highest BCUT2D eigenvalue weighted by Gasteiger charge is 2.24. The van der Waals surface area contributed by atoms with Gasteiger partial charge in [-0.2, -0.15) is 0 Å². The van der Waals surface area contributed by atoms with Gasteiger partial charge in [0, 0.05) is 15.3 Å². The summed E-state index contributed by atoms with van der Waals surface area (Å²) in [4.78, 5) is 0. The van der Waals surface area contributed by atoms with Crippen molar-refractivity contribution in [3.8, 4) is 0 Å². The van der Waals surface area contributed by atoms with E-state index < -0.39 is 5.41 Å². The van der Waals surface area contributed by atoms with E-state index in [1.807, 2.05) is 6.92 Å². The van der Waals surface area contributed by atoms with Crippen LogP contribution in [0, 0.1) is 5.41 Å². The molecule has 0 spiro atoms. The molecular weight excluding hydrogens is 151 g/mol. The molecule has 4 heteroatoms. The van der Waals surface area contributed by atoms with Crippen LogP contribution in [0.4, 0.5) is 0 Å². The molecule has 0 rings (SSSR count). The van der Waals surface area contributed by atoms with Crippen LogP contribution in [-0.2, 0) is 0 Å². The van der Waals surface area contributed by atoms with Crippen molar-refractivity contribution in [3.63, 3.8) is 0 Å². The lowest BCUT2D eigenvalue weighted by molar-refractivity contribution is 0.00304. The molecule has 0 aromatic carbocycles. The van der Waals surface area contributed by atoms with Crippen LogP contribution in [-0.4, -0.2) is 35.1 Å². The van der Waals surface area contributed by atoms with E-state index in [9.17, 15) is 0 Å². The van der Waals surface area contributed by atoms with Gasteiger partial charge in [-0.15, -0.1) is 0 Å². The third kappa shape index (κ3) is 2.93. The van der Waals surface area contributed by atoms with Gasteiger partial charge in [-0.25, -0.2) is 0 Å². The predicted octanol–water partition coefficient (Wildman–Crippen LogP) is 0.221. The van der Waals surface area contributed by atoms with Crippen LogP contribution < -0.4 is 0 Å². The highest BCUT2D eigenvalue weighted by atomic mass is 31.0. The van der Waals surface area contributed by atoms with E-state index in [0.717, 1.165) is 0 Å². The molecule has 0 heterocycles. The zero-order valence-electron chi connectivity index (χ0n) is 6.12. The second-order valence-corrected chi connectivity index (χ2v) is 2.33. The molecule has 61 valence electrons. The summed E-state index contributed by atoms with van der Waals surface area (Å²) in [5.41, 5.74) is -0.667. The van der Waals surface area contributed by atoms with Gasteiger partial charge >= 0.3 is 0 Å². The maximum absolute atomic E-state index is 8.66. The van der Waals surface area contributed by atoms with Crippen LogP contribution in [0.5, 0.6) is 0 Å². The Morgan fingerprint density at radius 2 is 1.30 bits per heavy atom. The van der Waals surface area contributed by atoms with Crippen molar-refractivity contribution in [3.05, 3.63) is 0 Å². The van der Waals surface area contributed by atoms with Gasteiger partial charge in [0.1, 0.15) is 0 Å². The molecule has 0 saturated heterocycles. The molecule has 3 radical (unpaired) electrons. The summed E-state index contributed by atoms with van der Waals surface area (Å²) in [5.74, 6) is 0. The van der Waals surface area contributed by atoms with Gasteiger partial charge < -0.3 is 15.3 Å². The lowest BCUT2D eigenvalue weighted by Crippen LogP contribution is -2.32. The maximum Gasteiger partial charge on any atom is 0.0531 e. The monoisotopic (exact) mass is 165 g/mol. The fraction of sp³-hybridized carbons (Fsp3) is 1.00. The molecule has 0 amide bonds. The van der Waals surface area contributed by atoms with E-state index in [1.165, 1.54) is 0 Å². The van der Waals surface area contributed by atoms with Gasteiger partial charge in [-0.3, -0.25) is 0 Å². The Bertz CT molecular complexity index is 55.9. The molecule has 0 atom stereocenters. The second kappa shape index (κ2) is 6.05. The topological polar surface area (TPSA) is 60.7 Å². The lowest BCUT2D eigenvalue weighted by Gasteiger charge is -2.24. The van der Waals surface area contributed by atoms with Crippen molar-refractivity contribution < 1.29 is 15.3 Å². The van der Waals surface area contributed by atoms with E-state index in [1.54, 1.807) is 0 Å². The Kier molecular flexibility index (Phi) is 7.83. The minimum Gasteiger partial charge on any atom is -0.396 e. The molecule has 0 aromatic heterocycles. The fourth-order valence-corrected chi connectivity index (χ4v) is 0.485. The van der Waals surface area contributed by atoms with Crippen LogP contribution in [0.3, 0.4) is 0 Å². The number of rotatable bonds is 4. The third-order valence-corrected chi connectivity index (χ3v) is 1.76. The zero-order chi connectivity index (χ0) is 7.33. The normalized spacial score (nSPS) is 10.8. The fourth-order valence-electron chi connectivity index (χ4n) is 0.485. The number of hydrogen-bond donors (Lipinski definition) is 3. The van der Waals surface area contributed by atoms with Crippen LogP contribution in [0.15, 0.2) is 0 Å². The average Bonchev–Trinajstić information content (AvgIpc) is 1.95. The van der Waals surface area contributed by atoms with Gasteiger partial charge in [0.2, 0.25) is 0 Å². The summed E-state index contributed by atoms with van der Waals surface area (Å²) in [6.45, 7) is 1.35. The first-order chi connectivity index (χ1) is 4.24. The van der Waals surface area contributed by atoms with Gasteiger partial charge in [-0.1, -0.05) is 6.92 Å². The minimum absolute atomic E-state index is 0. The van der Waals surface area contributed by atoms with Crippen molar-refractivity contribution in [2.45, 2.75) is 13.3 Å². The molecule has 0 aliphatic heterocycles. The van der Waals surface area contributed by atoms with Gasteiger partial charge in [0.25, 0.3) is 0 Å². The van der Waals surface area contributed by atoms with E-state index in [4.69, 9.17) is 15.3 Å². The number of aliphatic hydroxyl groups is 3. The van der Waals surface area contributed by atoms with Crippen LogP contribution in [0.2, 0.25) is 0 Å². The third-order valence-electron chi connectivity index (χ3n) is 1.76. The highest BCUT2D eigenvalue weighted by Crippen LogP contribution is 2.18. The first-order valence-corrected chi connectivity index (χ1v) is 3.07. The average molecular weight is 165 g/mol. The summed E-state index contributed by atoms with van der Waals surface area (Å²) >= 11 is 0. The molecule has 3 N–H and O–H groups in total. The largest absolute Gasteiger partial charge is 0.396 e. The Morgan fingerprint density at radius 3 is 1.30 bits per heavy atom. The van der Waals surface area contributed by atoms with Crippen LogP contribution >= 0.6 is 9.90 Å². The Hall–Kier alpha value is 0.310. The summed E-state index contributed by atoms with van der Waals surface area (Å²) in [6.07, 6.45) is 0.594. The molecule has 0 unspecified atom stereocenters. The summed E-state index contributed by atoms with van der Waals surface area (Å²) in [6, 6.07) is 0. The van der Waals surface area contributed by atoms with E-state index in [2.05, 4.69) is 0 Å². The molecule has 0 fully saturated rings. The summed E-state index contributed by atoms with van der Waals surface area (Å²) in [7, 11) is 0. The molecule has 0 bridgehead atoms. The van der Waals surface area contributed by atoms with Gasteiger partial charge in [0.15, 0.2) is 0 Å². The Labute approximate surface area is 64.7 Å². The van der Waals surface area contributed by atoms with Crippen molar-refractivity contribution in [1.29, 1.82) is 0 Å². The number of hydrogen-bond acceptors (Lipinski definition) is 3. The molecular formula is C6H14O3P. The standard InChI is InChI=1S/C6H14O3.P/c1-2-6(3-7,4-8)5-9;/h7-9H,2-5H2,1H3;. The first-order valence-electron chi connectivity index (χ1n) is 3.07. The second-order valence-electron chi connectivity index (χ2n) is 2.33. The van der Waals surface area contributed by atoms with E-state index in [0.29, 0.717) is 6.42 Å². The first kappa shape index (κ1) is 12.9. The molecule has 3 nitrogen and oxygen atoms in total. The van der Waals surface area contributed by atoms with Gasteiger partial charge in [-0.05, 0) is 6.42 Å². The predicted molar refractivity (Wildman–Crippen MR) is 40.9 cm³/mol. The quantitative estimate of drug-likeness (QED) is 0.522. The van der Waals surface area contributed by atoms with Crippen molar-refractivity contribution >= 4 is 9.90 Å². The smallest absolute Gasteiger partial charge is 0.0531 e.